The molecular weight excluding hydrogens is 480 g/mol. The van der Waals surface area contributed by atoms with Gasteiger partial charge in [-0.1, -0.05) is 30.3 Å². The molecule has 1 unspecified atom stereocenters. The summed E-state index contributed by atoms with van der Waals surface area (Å²) < 4.78 is 37.2. The minimum Gasteiger partial charge on any atom is -0.480 e. The minimum absolute atomic E-state index is 0.0744. The third kappa shape index (κ3) is 4.76. The van der Waals surface area contributed by atoms with Crippen LogP contribution in [0.4, 0.5) is 8.78 Å². The van der Waals surface area contributed by atoms with Gasteiger partial charge in [-0.2, -0.15) is 14.0 Å². The molecule has 1 N–H and O–H groups in total. The van der Waals surface area contributed by atoms with Crippen LogP contribution in [0.15, 0.2) is 59.0 Å². The average molecular weight is 504 g/mol. The first-order valence-corrected chi connectivity index (χ1v) is 11.8. The lowest BCUT2D eigenvalue weighted by Gasteiger charge is -2.22. The maximum Gasteiger partial charge on any atom is 0.387 e. The number of aromatic nitrogens is 1. The van der Waals surface area contributed by atoms with Crippen molar-refractivity contribution in [2.45, 2.75) is 39.0 Å². The molecule has 0 amide bonds. The number of nitrogens with zero attached hydrogens (tertiary/aromatic N) is 3. The molecule has 3 aromatic carbocycles. The summed E-state index contributed by atoms with van der Waals surface area (Å²) in [6, 6.07) is 17.4. The molecule has 37 heavy (non-hydrogen) atoms. The number of oxazole rings is 1. The standard InChI is InChI=1S/C28H23F2N3O4/c1-16-19(21-7-3-2-6-17(21)14-31)8-4-9-20(16)26-32-22-12-18(15-33-11-5-10-23(33)27(34)35)24(37-28(29)30)13-25(22)36-26/h2-4,6-9,12-13,23,28H,5,10-11,15H2,1H3,(H,34,35). The molecule has 1 aromatic heterocycles. The summed E-state index contributed by atoms with van der Waals surface area (Å²) in [7, 11) is 0. The van der Waals surface area contributed by atoms with Gasteiger partial charge in [-0.15, -0.1) is 0 Å². The molecule has 4 aromatic rings. The van der Waals surface area contributed by atoms with Gasteiger partial charge >= 0.3 is 12.6 Å². The molecular formula is C28H23F2N3O4. The minimum atomic E-state index is -3.05. The highest BCUT2D eigenvalue weighted by atomic mass is 19.3. The van der Waals surface area contributed by atoms with Crippen molar-refractivity contribution in [3.63, 3.8) is 0 Å². The third-order valence-corrected chi connectivity index (χ3v) is 6.71. The number of hydrogen-bond donors (Lipinski definition) is 1. The molecule has 0 radical (unpaired) electrons. The lowest BCUT2D eigenvalue weighted by molar-refractivity contribution is -0.142. The van der Waals surface area contributed by atoms with Gasteiger partial charge in [0.1, 0.15) is 17.3 Å². The van der Waals surface area contributed by atoms with Crippen molar-refractivity contribution < 1.29 is 27.8 Å². The van der Waals surface area contributed by atoms with Crippen molar-refractivity contribution in [1.82, 2.24) is 9.88 Å². The number of fused-ring (bicyclic) bond motifs is 1. The number of carbonyl (C=O) groups is 1. The summed E-state index contributed by atoms with van der Waals surface area (Å²) in [5, 5.41) is 19.0. The predicted octanol–water partition coefficient (Wildman–Crippen LogP) is 5.99. The van der Waals surface area contributed by atoms with Crippen LogP contribution in [0, 0.1) is 18.3 Å². The Kier molecular flexibility index (Phi) is 6.59. The summed E-state index contributed by atoms with van der Waals surface area (Å²) in [5.74, 6) is -0.713. The van der Waals surface area contributed by atoms with Crippen molar-refractivity contribution in [3.05, 3.63) is 71.3 Å². The number of ether oxygens (including phenoxy) is 1. The highest BCUT2D eigenvalue weighted by molar-refractivity contribution is 5.83. The maximum atomic E-state index is 13.2. The monoisotopic (exact) mass is 503 g/mol. The lowest BCUT2D eigenvalue weighted by Crippen LogP contribution is -2.35. The van der Waals surface area contributed by atoms with Gasteiger partial charge < -0.3 is 14.3 Å². The zero-order valence-corrected chi connectivity index (χ0v) is 19.9. The topological polar surface area (TPSA) is 99.6 Å². The number of carboxylic acids is 1. The molecule has 0 aliphatic carbocycles. The number of nitriles is 1. The molecule has 1 saturated heterocycles. The van der Waals surface area contributed by atoms with Crippen LogP contribution >= 0.6 is 0 Å². The molecule has 9 heteroatoms. The van der Waals surface area contributed by atoms with Crippen molar-refractivity contribution in [1.29, 1.82) is 5.26 Å². The number of aliphatic carboxylic acids is 1. The molecule has 2 heterocycles. The SMILES string of the molecule is Cc1c(-c2nc3cc(CN4CCCC4C(=O)O)c(OC(F)F)cc3o2)cccc1-c1ccccc1C#N. The summed E-state index contributed by atoms with van der Waals surface area (Å²) in [4.78, 5) is 18.0. The van der Waals surface area contributed by atoms with Crippen molar-refractivity contribution in [3.8, 4) is 34.4 Å². The average Bonchev–Trinajstić information content (AvgIpc) is 3.51. The van der Waals surface area contributed by atoms with E-state index in [0.717, 1.165) is 16.7 Å². The molecule has 0 bridgehead atoms. The number of likely N-dealkylation sites (tertiary alicyclic amines) is 1. The van der Waals surface area contributed by atoms with E-state index >= 15 is 0 Å². The van der Waals surface area contributed by atoms with Gasteiger partial charge in [0.05, 0.1) is 11.6 Å². The first-order chi connectivity index (χ1) is 17.9. The normalized spacial score (nSPS) is 15.8. The van der Waals surface area contributed by atoms with E-state index in [2.05, 4.69) is 11.1 Å². The van der Waals surface area contributed by atoms with Crippen molar-refractivity contribution in [2.75, 3.05) is 6.54 Å². The number of rotatable bonds is 7. The van der Waals surface area contributed by atoms with Gasteiger partial charge in [0.2, 0.25) is 5.89 Å². The fourth-order valence-electron chi connectivity index (χ4n) is 4.93. The van der Waals surface area contributed by atoms with Crippen LogP contribution in [-0.4, -0.2) is 40.2 Å². The fourth-order valence-corrected chi connectivity index (χ4v) is 4.93. The lowest BCUT2D eigenvalue weighted by atomic mass is 9.93. The molecule has 0 saturated carbocycles. The number of halogens is 2. The summed E-state index contributed by atoms with van der Waals surface area (Å²) in [6.07, 6.45) is 1.21. The van der Waals surface area contributed by atoms with Gasteiger partial charge in [-0.3, -0.25) is 9.69 Å². The Bertz CT molecular complexity index is 1530. The number of hydrogen-bond acceptors (Lipinski definition) is 6. The van der Waals surface area contributed by atoms with Crippen LogP contribution in [0.1, 0.15) is 29.5 Å². The largest absolute Gasteiger partial charge is 0.480 e. The maximum absolute atomic E-state index is 13.2. The van der Waals surface area contributed by atoms with Crippen LogP contribution in [0.2, 0.25) is 0 Å². The highest BCUT2D eigenvalue weighted by Gasteiger charge is 2.31. The fraction of sp³-hybridized carbons (Fsp3) is 0.250. The van der Waals surface area contributed by atoms with E-state index in [1.165, 1.54) is 6.07 Å². The quantitative estimate of drug-likeness (QED) is 0.331. The van der Waals surface area contributed by atoms with Crippen LogP contribution in [0.3, 0.4) is 0 Å². The number of carboxylic acid groups (broad SMARTS) is 1. The third-order valence-electron chi connectivity index (χ3n) is 6.71. The molecule has 1 fully saturated rings. The Morgan fingerprint density at radius 1 is 1.22 bits per heavy atom. The highest BCUT2D eigenvalue weighted by Crippen LogP contribution is 2.36. The molecule has 1 aliphatic rings. The van der Waals surface area contributed by atoms with Crippen LogP contribution in [-0.2, 0) is 11.3 Å². The molecule has 0 spiro atoms. The first-order valence-electron chi connectivity index (χ1n) is 11.8. The number of benzene rings is 3. The Morgan fingerprint density at radius 3 is 2.73 bits per heavy atom. The smallest absolute Gasteiger partial charge is 0.387 e. The second-order valence-electron chi connectivity index (χ2n) is 8.93. The van der Waals surface area contributed by atoms with Crippen LogP contribution < -0.4 is 4.74 Å². The second-order valence-corrected chi connectivity index (χ2v) is 8.93. The van der Waals surface area contributed by atoms with Crippen LogP contribution in [0.5, 0.6) is 5.75 Å². The second kappa shape index (κ2) is 9.99. The predicted molar refractivity (Wildman–Crippen MR) is 132 cm³/mol. The summed E-state index contributed by atoms with van der Waals surface area (Å²) >= 11 is 0. The summed E-state index contributed by atoms with van der Waals surface area (Å²) in [5.41, 5.74) is 4.86. The van der Waals surface area contributed by atoms with E-state index in [1.807, 2.05) is 37.3 Å². The van der Waals surface area contributed by atoms with E-state index in [9.17, 15) is 23.9 Å². The Hall–Kier alpha value is -4.29. The number of alkyl halides is 2. The van der Waals surface area contributed by atoms with Gasteiger partial charge in [0.15, 0.2) is 5.58 Å². The van der Waals surface area contributed by atoms with E-state index in [0.29, 0.717) is 47.5 Å². The van der Waals surface area contributed by atoms with Gasteiger partial charge in [-0.25, -0.2) is 4.98 Å². The Labute approximate surface area is 211 Å². The molecule has 188 valence electrons. The first kappa shape index (κ1) is 24.4. The van der Waals surface area contributed by atoms with Crippen LogP contribution in [0.25, 0.3) is 33.7 Å². The zero-order valence-electron chi connectivity index (χ0n) is 19.9. The Balaban J connectivity index is 1.56. The van der Waals surface area contributed by atoms with E-state index in [1.54, 1.807) is 23.1 Å². The molecule has 5 rings (SSSR count). The molecule has 1 atom stereocenters. The molecule has 1 aliphatic heterocycles. The van der Waals surface area contributed by atoms with Gasteiger partial charge in [0, 0.05) is 23.7 Å². The van der Waals surface area contributed by atoms with E-state index < -0.39 is 18.6 Å². The van der Waals surface area contributed by atoms with E-state index in [-0.39, 0.29) is 17.9 Å². The van der Waals surface area contributed by atoms with Gasteiger partial charge in [0.25, 0.3) is 0 Å². The molecule has 7 nitrogen and oxygen atoms in total. The zero-order chi connectivity index (χ0) is 26.1. The Morgan fingerprint density at radius 2 is 1.97 bits per heavy atom. The van der Waals surface area contributed by atoms with Crippen molar-refractivity contribution >= 4 is 17.1 Å². The van der Waals surface area contributed by atoms with E-state index in [4.69, 9.17) is 9.15 Å². The summed E-state index contributed by atoms with van der Waals surface area (Å²) in [6.45, 7) is -0.462. The van der Waals surface area contributed by atoms with Crippen molar-refractivity contribution in [2.24, 2.45) is 0 Å². The van der Waals surface area contributed by atoms with Gasteiger partial charge in [-0.05, 0) is 61.2 Å².